The van der Waals surface area contributed by atoms with Crippen LogP contribution in [0.15, 0.2) is 60.9 Å². The Kier molecular flexibility index (Phi) is 8.27. The van der Waals surface area contributed by atoms with Gasteiger partial charge in [0.2, 0.25) is 0 Å². The summed E-state index contributed by atoms with van der Waals surface area (Å²) in [5.74, 6) is 0.590. The normalized spacial score (nSPS) is 10.6. The number of hydrogen-bond acceptors (Lipinski definition) is 5. The van der Waals surface area contributed by atoms with Crippen LogP contribution in [0.25, 0.3) is 0 Å². The molecule has 0 fully saturated rings. The molecule has 2 amide bonds. The summed E-state index contributed by atoms with van der Waals surface area (Å²) in [7, 11) is 1.50. The summed E-state index contributed by atoms with van der Waals surface area (Å²) < 4.78 is 11.1. The zero-order chi connectivity index (χ0) is 23.8. The van der Waals surface area contributed by atoms with E-state index in [-0.39, 0.29) is 18.4 Å². The third kappa shape index (κ3) is 6.70. The highest BCUT2D eigenvalue weighted by Gasteiger charge is 2.16. The maximum absolute atomic E-state index is 12.7. The number of methoxy groups -OCH3 is 1. The average Bonchev–Trinajstić information content (AvgIpc) is 2.82. The molecule has 0 saturated carbocycles. The van der Waals surface area contributed by atoms with Crippen LogP contribution in [0.2, 0.25) is 5.02 Å². The number of pyridine rings is 1. The molecule has 8 heteroatoms. The minimum atomic E-state index is -0.308. The van der Waals surface area contributed by atoms with E-state index in [1.165, 1.54) is 7.11 Å². The van der Waals surface area contributed by atoms with Crippen molar-refractivity contribution in [3.05, 3.63) is 82.6 Å². The predicted octanol–water partition coefficient (Wildman–Crippen LogP) is 4.96. The van der Waals surface area contributed by atoms with Crippen molar-refractivity contribution in [1.29, 1.82) is 0 Å². The standard InChI is InChI=1S/C25H26ClN3O4/c1-16(2)15-33-23-21(26)12-19(13-22(23)32-3)24(30)28-14-17-5-4-6-20(11-17)29-25(31)18-7-9-27-10-8-18/h4-13,16H,14-15H2,1-3H3,(H,28,30)(H,29,31). The van der Waals surface area contributed by atoms with Crippen LogP contribution in [0.1, 0.15) is 40.1 Å². The molecule has 33 heavy (non-hydrogen) atoms. The van der Waals surface area contributed by atoms with Crippen LogP contribution < -0.4 is 20.1 Å². The van der Waals surface area contributed by atoms with E-state index < -0.39 is 0 Å². The van der Waals surface area contributed by atoms with Crippen molar-refractivity contribution in [3.8, 4) is 11.5 Å². The number of nitrogens with zero attached hydrogens (tertiary/aromatic N) is 1. The molecule has 0 unspecified atom stereocenters. The zero-order valence-electron chi connectivity index (χ0n) is 18.7. The fourth-order valence-corrected chi connectivity index (χ4v) is 3.26. The molecule has 0 radical (unpaired) electrons. The monoisotopic (exact) mass is 467 g/mol. The number of carbonyl (C=O) groups excluding carboxylic acids is 2. The van der Waals surface area contributed by atoms with Crippen LogP contribution in [0.4, 0.5) is 5.69 Å². The van der Waals surface area contributed by atoms with Crippen LogP contribution in [0.5, 0.6) is 11.5 Å². The summed E-state index contributed by atoms with van der Waals surface area (Å²) in [6.07, 6.45) is 3.12. The molecule has 172 valence electrons. The third-order valence-corrected chi connectivity index (χ3v) is 4.91. The van der Waals surface area contributed by atoms with Crippen LogP contribution in [0, 0.1) is 5.92 Å². The van der Waals surface area contributed by atoms with Gasteiger partial charge in [-0.15, -0.1) is 0 Å². The number of carbonyl (C=O) groups is 2. The molecule has 2 N–H and O–H groups in total. The van der Waals surface area contributed by atoms with Gasteiger partial charge in [-0.3, -0.25) is 14.6 Å². The number of rotatable bonds is 9. The molecule has 1 aromatic heterocycles. The van der Waals surface area contributed by atoms with Crippen LogP contribution in [0.3, 0.4) is 0 Å². The lowest BCUT2D eigenvalue weighted by Gasteiger charge is -2.15. The van der Waals surface area contributed by atoms with Gasteiger partial charge in [0, 0.05) is 35.8 Å². The fourth-order valence-electron chi connectivity index (χ4n) is 2.99. The Balaban J connectivity index is 1.65. The first-order valence-corrected chi connectivity index (χ1v) is 10.8. The van der Waals surface area contributed by atoms with Gasteiger partial charge in [0.1, 0.15) is 0 Å². The van der Waals surface area contributed by atoms with Crippen molar-refractivity contribution in [2.24, 2.45) is 5.92 Å². The molecule has 1 heterocycles. The first kappa shape index (κ1) is 24.1. The Morgan fingerprint density at radius 1 is 1.03 bits per heavy atom. The maximum atomic E-state index is 12.7. The Morgan fingerprint density at radius 3 is 2.48 bits per heavy atom. The predicted molar refractivity (Wildman–Crippen MR) is 128 cm³/mol. The third-order valence-electron chi connectivity index (χ3n) is 4.63. The second-order valence-electron chi connectivity index (χ2n) is 7.77. The number of aromatic nitrogens is 1. The Bertz CT molecular complexity index is 1120. The van der Waals surface area contributed by atoms with Gasteiger partial charge in [-0.25, -0.2) is 0 Å². The quantitative estimate of drug-likeness (QED) is 0.464. The molecular formula is C25H26ClN3O4. The number of ether oxygens (including phenoxy) is 2. The van der Waals surface area contributed by atoms with Crippen molar-refractivity contribution in [3.63, 3.8) is 0 Å². The minimum Gasteiger partial charge on any atom is -0.493 e. The summed E-state index contributed by atoms with van der Waals surface area (Å²) in [5.41, 5.74) is 2.32. The number of benzene rings is 2. The number of nitrogens with one attached hydrogen (secondary N) is 2. The van der Waals surface area contributed by atoms with Crippen molar-refractivity contribution in [2.45, 2.75) is 20.4 Å². The molecular weight excluding hydrogens is 442 g/mol. The lowest BCUT2D eigenvalue weighted by Crippen LogP contribution is -2.23. The van der Waals surface area contributed by atoms with E-state index in [0.29, 0.717) is 45.9 Å². The number of hydrogen-bond donors (Lipinski definition) is 2. The highest BCUT2D eigenvalue weighted by molar-refractivity contribution is 6.32. The van der Waals surface area contributed by atoms with Crippen molar-refractivity contribution in [1.82, 2.24) is 10.3 Å². The number of anilines is 1. The first-order chi connectivity index (χ1) is 15.9. The second-order valence-corrected chi connectivity index (χ2v) is 8.17. The largest absolute Gasteiger partial charge is 0.493 e. The van der Waals surface area contributed by atoms with E-state index >= 15 is 0 Å². The molecule has 2 aromatic carbocycles. The molecule has 0 aliphatic carbocycles. The molecule has 0 bridgehead atoms. The fraction of sp³-hybridized carbons (Fsp3) is 0.240. The molecule has 3 aromatic rings. The van der Waals surface area contributed by atoms with Gasteiger partial charge in [0.05, 0.1) is 18.7 Å². The van der Waals surface area contributed by atoms with Crippen LogP contribution in [-0.4, -0.2) is 30.5 Å². The van der Waals surface area contributed by atoms with Gasteiger partial charge < -0.3 is 20.1 Å². The van der Waals surface area contributed by atoms with Crippen molar-refractivity contribution >= 4 is 29.1 Å². The first-order valence-electron chi connectivity index (χ1n) is 10.5. The summed E-state index contributed by atoms with van der Waals surface area (Å²) in [6, 6.07) is 13.7. The number of halogens is 1. The van der Waals surface area contributed by atoms with Gasteiger partial charge >= 0.3 is 0 Å². The Morgan fingerprint density at radius 2 is 1.79 bits per heavy atom. The topological polar surface area (TPSA) is 89.6 Å². The second kappa shape index (κ2) is 11.3. The van der Waals surface area contributed by atoms with E-state index in [4.69, 9.17) is 21.1 Å². The molecule has 0 spiro atoms. The van der Waals surface area contributed by atoms with E-state index in [0.717, 1.165) is 5.56 Å². The summed E-state index contributed by atoms with van der Waals surface area (Å²) in [6.45, 7) is 4.81. The van der Waals surface area contributed by atoms with Gasteiger partial charge in [-0.1, -0.05) is 37.6 Å². The minimum absolute atomic E-state index is 0.236. The van der Waals surface area contributed by atoms with E-state index in [1.54, 1.807) is 48.8 Å². The summed E-state index contributed by atoms with van der Waals surface area (Å²) in [5, 5.41) is 6.01. The molecule has 3 rings (SSSR count). The van der Waals surface area contributed by atoms with Crippen molar-refractivity contribution in [2.75, 3.05) is 19.0 Å². The average molecular weight is 468 g/mol. The van der Waals surface area contributed by atoms with Crippen LogP contribution >= 0.6 is 11.6 Å². The van der Waals surface area contributed by atoms with E-state index in [2.05, 4.69) is 15.6 Å². The molecule has 0 aliphatic heterocycles. The highest BCUT2D eigenvalue weighted by atomic mass is 35.5. The van der Waals surface area contributed by atoms with Gasteiger partial charge in [-0.2, -0.15) is 0 Å². The lowest BCUT2D eigenvalue weighted by molar-refractivity contribution is 0.0949. The molecule has 0 saturated heterocycles. The molecule has 0 atom stereocenters. The Hall–Kier alpha value is -3.58. The SMILES string of the molecule is COc1cc(C(=O)NCc2cccc(NC(=O)c3ccncc3)c2)cc(Cl)c1OCC(C)C. The number of amides is 2. The van der Waals surface area contributed by atoms with Crippen LogP contribution in [-0.2, 0) is 6.54 Å². The Labute approximate surface area is 198 Å². The highest BCUT2D eigenvalue weighted by Crippen LogP contribution is 2.36. The zero-order valence-corrected chi connectivity index (χ0v) is 19.5. The lowest BCUT2D eigenvalue weighted by atomic mass is 10.1. The summed E-state index contributed by atoms with van der Waals surface area (Å²) >= 11 is 6.35. The van der Waals surface area contributed by atoms with E-state index in [9.17, 15) is 9.59 Å². The van der Waals surface area contributed by atoms with Gasteiger partial charge in [0.25, 0.3) is 11.8 Å². The van der Waals surface area contributed by atoms with Gasteiger partial charge in [0.15, 0.2) is 11.5 Å². The van der Waals surface area contributed by atoms with E-state index in [1.807, 2.05) is 26.0 Å². The van der Waals surface area contributed by atoms with Crippen molar-refractivity contribution < 1.29 is 19.1 Å². The van der Waals surface area contributed by atoms with Gasteiger partial charge in [-0.05, 0) is 47.9 Å². The smallest absolute Gasteiger partial charge is 0.255 e. The molecule has 7 nitrogen and oxygen atoms in total. The summed E-state index contributed by atoms with van der Waals surface area (Å²) in [4.78, 5) is 29.0. The maximum Gasteiger partial charge on any atom is 0.255 e. The molecule has 0 aliphatic rings.